The Bertz CT molecular complexity index is 602. The molecule has 0 saturated heterocycles. The van der Waals surface area contributed by atoms with Crippen molar-refractivity contribution in [2.24, 2.45) is 0 Å². The molecule has 0 radical (unpaired) electrons. The van der Waals surface area contributed by atoms with Crippen LogP contribution in [0.5, 0.6) is 11.5 Å². The van der Waals surface area contributed by atoms with Crippen LogP contribution >= 0.6 is 0 Å². The summed E-state index contributed by atoms with van der Waals surface area (Å²) in [6.45, 7) is 0.515. The number of hydrogen-bond donors (Lipinski definition) is 2. The predicted molar refractivity (Wildman–Crippen MR) is 71.6 cm³/mol. The Balaban J connectivity index is 1.97. The number of nitrogens with one attached hydrogen (secondary N) is 1. The number of aromatic hydroxyl groups is 1. The third-order valence-electron chi connectivity index (χ3n) is 2.93. The normalized spacial score (nSPS) is 10.6. The fourth-order valence-corrected chi connectivity index (χ4v) is 1.83. The van der Waals surface area contributed by atoms with Crippen LogP contribution in [0, 0.1) is 11.6 Å². The number of rotatable bonds is 5. The summed E-state index contributed by atoms with van der Waals surface area (Å²) in [6.07, 6.45) is 0. The van der Waals surface area contributed by atoms with Crippen molar-refractivity contribution in [2.75, 3.05) is 7.11 Å². The van der Waals surface area contributed by atoms with E-state index in [1.54, 1.807) is 12.1 Å². The zero-order valence-corrected chi connectivity index (χ0v) is 11.0. The Hall–Kier alpha value is -2.14. The van der Waals surface area contributed by atoms with Gasteiger partial charge in [0, 0.05) is 30.3 Å². The van der Waals surface area contributed by atoms with E-state index in [9.17, 15) is 13.9 Å². The summed E-state index contributed by atoms with van der Waals surface area (Å²) in [5.41, 5.74) is 0.903. The first kappa shape index (κ1) is 14.3. The van der Waals surface area contributed by atoms with Crippen LogP contribution in [0.2, 0.25) is 0 Å². The summed E-state index contributed by atoms with van der Waals surface area (Å²) in [6, 6.07) is 8.25. The molecule has 106 valence electrons. The maximum Gasteiger partial charge on any atom is 0.127 e. The van der Waals surface area contributed by atoms with Gasteiger partial charge in [0.2, 0.25) is 0 Å². The SMILES string of the molecule is COc1ccc(CNCc2cc(F)ccc2F)c(O)c1. The molecule has 2 rings (SSSR count). The van der Waals surface area contributed by atoms with Crippen LogP contribution in [-0.2, 0) is 13.1 Å². The quantitative estimate of drug-likeness (QED) is 0.884. The number of ether oxygens (including phenoxy) is 1. The smallest absolute Gasteiger partial charge is 0.127 e. The van der Waals surface area contributed by atoms with Gasteiger partial charge >= 0.3 is 0 Å². The van der Waals surface area contributed by atoms with E-state index in [1.165, 1.54) is 13.2 Å². The van der Waals surface area contributed by atoms with Gasteiger partial charge in [-0.05, 0) is 24.3 Å². The lowest BCUT2D eigenvalue weighted by atomic mass is 10.1. The molecule has 5 heteroatoms. The summed E-state index contributed by atoms with van der Waals surface area (Å²) in [5, 5.41) is 12.7. The third kappa shape index (κ3) is 3.45. The maximum absolute atomic E-state index is 13.4. The van der Waals surface area contributed by atoms with Gasteiger partial charge in [-0.15, -0.1) is 0 Å². The minimum Gasteiger partial charge on any atom is -0.507 e. The monoisotopic (exact) mass is 279 g/mol. The molecule has 0 spiro atoms. The maximum atomic E-state index is 13.4. The molecule has 0 saturated carbocycles. The van der Waals surface area contributed by atoms with E-state index in [1.807, 2.05) is 0 Å². The number of hydrogen-bond acceptors (Lipinski definition) is 3. The minimum atomic E-state index is -0.476. The lowest BCUT2D eigenvalue weighted by molar-refractivity contribution is 0.406. The fraction of sp³-hybridized carbons (Fsp3) is 0.200. The van der Waals surface area contributed by atoms with Crippen molar-refractivity contribution in [1.29, 1.82) is 0 Å². The van der Waals surface area contributed by atoms with Crippen molar-refractivity contribution in [1.82, 2.24) is 5.32 Å². The Kier molecular flexibility index (Phi) is 4.53. The molecule has 20 heavy (non-hydrogen) atoms. The van der Waals surface area contributed by atoms with Gasteiger partial charge in [0.15, 0.2) is 0 Å². The highest BCUT2D eigenvalue weighted by molar-refractivity contribution is 5.39. The molecule has 0 aliphatic carbocycles. The Morgan fingerprint density at radius 3 is 2.50 bits per heavy atom. The number of benzene rings is 2. The van der Waals surface area contributed by atoms with E-state index >= 15 is 0 Å². The van der Waals surface area contributed by atoms with E-state index in [0.717, 1.165) is 18.2 Å². The first-order chi connectivity index (χ1) is 9.60. The molecule has 2 N–H and O–H groups in total. The number of halogens is 2. The number of phenols is 1. The molecule has 2 aromatic rings. The van der Waals surface area contributed by atoms with Crippen molar-refractivity contribution < 1.29 is 18.6 Å². The Morgan fingerprint density at radius 2 is 1.80 bits per heavy atom. The molecule has 0 bridgehead atoms. The highest BCUT2D eigenvalue weighted by atomic mass is 19.1. The second-order valence-corrected chi connectivity index (χ2v) is 4.33. The molecule has 0 atom stereocenters. The first-order valence-corrected chi connectivity index (χ1v) is 6.10. The second kappa shape index (κ2) is 6.34. The molecule has 0 aromatic heterocycles. The van der Waals surface area contributed by atoms with E-state index in [0.29, 0.717) is 17.9 Å². The first-order valence-electron chi connectivity index (χ1n) is 6.10. The second-order valence-electron chi connectivity index (χ2n) is 4.33. The molecule has 0 fully saturated rings. The van der Waals surface area contributed by atoms with Crippen molar-refractivity contribution in [2.45, 2.75) is 13.1 Å². The Labute approximate surface area is 115 Å². The average molecular weight is 279 g/mol. The summed E-state index contributed by atoms with van der Waals surface area (Å²) in [7, 11) is 1.51. The highest BCUT2D eigenvalue weighted by Gasteiger charge is 2.06. The largest absolute Gasteiger partial charge is 0.507 e. The van der Waals surface area contributed by atoms with Crippen LogP contribution in [-0.4, -0.2) is 12.2 Å². The van der Waals surface area contributed by atoms with Crippen LogP contribution in [0.1, 0.15) is 11.1 Å². The molecule has 0 heterocycles. The number of phenolic OH excluding ortho intramolecular Hbond substituents is 1. The third-order valence-corrected chi connectivity index (χ3v) is 2.93. The summed E-state index contributed by atoms with van der Waals surface area (Å²) >= 11 is 0. The molecule has 2 aromatic carbocycles. The summed E-state index contributed by atoms with van der Waals surface area (Å²) in [4.78, 5) is 0. The topological polar surface area (TPSA) is 41.5 Å². The van der Waals surface area contributed by atoms with Crippen LogP contribution in [0.4, 0.5) is 8.78 Å². The van der Waals surface area contributed by atoms with E-state index in [-0.39, 0.29) is 17.9 Å². The van der Waals surface area contributed by atoms with E-state index < -0.39 is 11.6 Å². The molecule has 0 amide bonds. The molecular formula is C15H15F2NO2. The van der Waals surface area contributed by atoms with Crippen LogP contribution in [0.15, 0.2) is 36.4 Å². The lowest BCUT2D eigenvalue weighted by Crippen LogP contribution is -2.14. The van der Waals surface area contributed by atoms with Gasteiger partial charge in [-0.1, -0.05) is 6.07 Å². The van der Waals surface area contributed by atoms with Crippen molar-refractivity contribution >= 4 is 0 Å². The van der Waals surface area contributed by atoms with Gasteiger partial charge in [-0.3, -0.25) is 0 Å². The van der Waals surface area contributed by atoms with Gasteiger partial charge in [-0.25, -0.2) is 8.78 Å². The average Bonchev–Trinajstić information content (AvgIpc) is 2.44. The molecule has 3 nitrogen and oxygen atoms in total. The van der Waals surface area contributed by atoms with Crippen LogP contribution < -0.4 is 10.1 Å². The van der Waals surface area contributed by atoms with Crippen LogP contribution in [0.3, 0.4) is 0 Å². The zero-order chi connectivity index (χ0) is 14.5. The van der Waals surface area contributed by atoms with Crippen molar-refractivity contribution in [3.63, 3.8) is 0 Å². The zero-order valence-electron chi connectivity index (χ0n) is 11.0. The van der Waals surface area contributed by atoms with Crippen molar-refractivity contribution in [3.05, 3.63) is 59.2 Å². The number of methoxy groups -OCH3 is 1. The fourth-order valence-electron chi connectivity index (χ4n) is 1.83. The molecule has 0 aliphatic heterocycles. The summed E-state index contributed by atoms with van der Waals surface area (Å²) < 4.78 is 31.4. The molecule has 0 unspecified atom stereocenters. The van der Waals surface area contributed by atoms with Crippen LogP contribution in [0.25, 0.3) is 0 Å². The van der Waals surface area contributed by atoms with Gasteiger partial charge in [0.05, 0.1) is 7.11 Å². The Morgan fingerprint density at radius 1 is 1.05 bits per heavy atom. The van der Waals surface area contributed by atoms with Gasteiger partial charge in [0.25, 0.3) is 0 Å². The lowest BCUT2D eigenvalue weighted by Gasteiger charge is -2.09. The highest BCUT2D eigenvalue weighted by Crippen LogP contribution is 2.23. The van der Waals surface area contributed by atoms with E-state index in [2.05, 4.69) is 5.32 Å². The van der Waals surface area contributed by atoms with Gasteiger partial charge < -0.3 is 15.2 Å². The van der Waals surface area contributed by atoms with E-state index in [4.69, 9.17) is 4.74 Å². The molecule has 0 aliphatic rings. The van der Waals surface area contributed by atoms with Gasteiger partial charge in [0.1, 0.15) is 23.1 Å². The predicted octanol–water partition coefficient (Wildman–Crippen LogP) is 2.97. The minimum absolute atomic E-state index is 0.0940. The molecular weight excluding hydrogens is 264 g/mol. The standard InChI is InChI=1S/C15H15F2NO2/c1-20-13-4-2-10(15(19)7-13)8-18-9-11-6-12(16)3-5-14(11)17/h2-7,18-19H,8-9H2,1H3. The van der Waals surface area contributed by atoms with Crippen molar-refractivity contribution in [3.8, 4) is 11.5 Å². The summed E-state index contributed by atoms with van der Waals surface area (Å²) in [5.74, 6) is -0.285. The van der Waals surface area contributed by atoms with Gasteiger partial charge in [-0.2, -0.15) is 0 Å².